The smallest absolute Gasteiger partial charge is 0.224 e. The molecule has 11 heavy (non-hydrogen) atoms. The third-order valence-corrected chi connectivity index (χ3v) is 1.05. The van der Waals surface area contributed by atoms with Gasteiger partial charge in [0.25, 0.3) is 0 Å². The van der Waals surface area contributed by atoms with Crippen molar-refractivity contribution in [2.75, 3.05) is 0 Å². The molecule has 0 fully saturated rings. The predicted octanol–water partition coefficient (Wildman–Crippen LogP) is 1.87. The average molecular weight is 155 g/mol. The van der Waals surface area contributed by atoms with Crippen molar-refractivity contribution in [3.8, 4) is 0 Å². The summed E-state index contributed by atoms with van der Waals surface area (Å²) >= 11 is 0. The lowest BCUT2D eigenvalue weighted by Crippen LogP contribution is -2.40. The highest BCUT2D eigenvalue weighted by molar-refractivity contribution is 5.78. The molecule has 64 valence electrons. The van der Waals surface area contributed by atoms with Crippen LogP contribution in [0.1, 0.15) is 34.1 Å². The summed E-state index contributed by atoms with van der Waals surface area (Å²) in [6.07, 6.45) is 4.21. The fourth-order valence-electron chi connectivity index (χ4n) is 0.694. The molecule has 0 radical (unpaired) electrons. The zero-order valence-electron chi connectivity index (χ0n) is 7.77. The third kappa shape index (κ3) is 7.10. The van der Waals surface area contributed by atoms with Crippen LogP contribution in [0.3, 0.4) is 0 Å². The highest BCUT2D eigenvalue weighted by Gasteiger charge is 2.11. The van der Waals surface area contributed by atoms with E-state index in [4.69, 9.17) is 0 Å². The maximum atomic E-state index is 11.1. The van der Waals surface area contributed by atoms with E-state index in [-0.39, 0.29) is 11.4 Å². The van der Waals surface area contributed by atoms with Crippen LogP contribution in [0.25, 0.3) is 0 Å². The monoisotopic (exact) mass is 155 g/mol. The van der Waals surface area contributed by atoms with E-state index in [2.05, 4.69) is 5.32 Å². The van der Waals surface area contributed by atoms with Crippen molar-refractivity contribution < 1.29 is 4.79 Å². The van der Waals surface area contributed by atoms with Crippen molar-refractivity contribution in [3.05, 3.63) is 12.2 Å². The van der Waals surface area contributed by atoms with E-state index in [1.165, 1.54) is 0 Å². The van der Waals surface area contributed by atoms with Crippen molar-refractivity contribution in [1.29, 1.82) is 0 Å². The molecular formula is C9H17NO. The summed E-state index contributed by atoms with van der Waals surface area (Å²) < 4.78 is 0. The molecule has 0 bridgehead atoms. The van der Waals surface area contributed by atoms with Crippen molar-refractivity contribution in [3.63, 3.8) is 0 Å². The van der Waals surface area contributed by atoms with Gasteiger partial charge in [-0.1, -0.05) is 12.2 Å². The van der Waals surface area contributed by atoms with Gasteiger partial charge in [0.1, 0.15) is 0 Å². The zero-order chi connectivity index (χ0) is 8.91. The van der Waals surface area contributed by atoms with Crippen LogP contribution >= 0.6 is 0 Å². The molecule has 1 N–H and O–H groups in total. The molecule has 0 rings (SSSR count). The number of carbonyl (C=O) groups is 1. The molecule has 0 aliphatic rings. The molecule has 0 aromatic rings. The lowest BCUT2D eigenvalue weighted by Gasteiger charge is -2.19. The molecule has 0 aromatic heterocycles. The lowest BCUT2D eigenvalue weighted by atomic mass is 10.1. The first-order valence-corrected chi connectivity index (χ1v) is 3.88. The van der Waals surface area contributed by atoms with Gasteiger partial charge in [-0.15, -0.1) is 0 Å². The van der Waals surface area contributed by atoms with E-state index >= 15 is 0 Å². The van der Waals surface area contributed by atoms with E-state index in [9.17, 15) is 4.79 Å². The first kappa shape index (κ1) is 10.2. The van der Waals surface area contributed by atoms with Gasteiger partial charge in [-0.25, -0.2) is 0 Å². The van der Waals surface area contributed by atoms with Crippen molar-refractivity contribution in [2.24, 2.45) is 0 Å². The molecule has 0 aliphatic carbocycles. The Morgan fingerprint density at radius 1 is 1.45 bits per heavy atom. The molecule has 0 aliphatic heterocycles. The Bertz CT molecular complexity index is 153. The van der Waals surface area contributed by atoms with E-state index in [0.29, 0.717) is 6.42 Å². The summed E-state index contributed by atoms with van der Waals surface area (Å²) in [6.45, 7) is 7.83. The molecule has 2 nitrogen and oxygen atoms in total. The summed E-state index contributed by atoms with van der Waals surface area (Å²) in [7, 11) is 0. The van der Waals surface area contributed by atoms with E-state index in [1.54, 1.807) is 0 Å². The van der Waals surface area contributed by atoms with Gasteiger partial charge in [-0.05, 0) is 27.7 Å². The largest absolute Gasteiger partial charge is 0.351 e. The quantitative estimate of drug-likeness (QED) is 0.606. The van der Waals surface area contributed by atoms with Crippen molar-refractivity contribution in [1.82, 2.24) is 5.32 Å². The van der Waals surface area contributed by atoms with Gasteiger partial charge in [0.2, 0.25) is 5.91 Å². The molecule has 0 atom stereocenters. The van der Waals surface area contributed by atoms with Crippen molar-refractivity contribution >= 4 is 5.91 Å². The minimum Gasteiger partial charge on any atom is -0.351 e. The van der Waals surface area contributed by atoms with Crippen LogP contribution in [-0.2, 0) is 4.79 Å². The summed E-state index contributed by atoms with van der Waals surface area (Å²) in [5.74, 6) is 0.0793. The van der Waals surface area contributed by atoms with Crippen LogP contribution in [0, 0.1) is 0 Å². The fourth-order valence-corrected chi connectivity index (χ4v) is 0.694. The van der Waals surface area contributed by atoms with Crippen LogP contribution in [0.4, 0.5) is 0 Å². The second-order valence-corrected chi connectivity index (χ2v) is 3.57. The SMILES string of the molecule is C/C=C/CC(=O)NC(C)(C)C. The van der Waals surface area contributed by atoms with Gasteiger partial charge in [-0.2, -0.15) is 0 Å². The van der Waals surface area contributed by atoms with Crippen LogP contribution in [0.2, 0.25) is 0 Å². The lowest BCUT2D eigenvalue weighted by molar-refractivity contribution is -0.121. The maximum Gasteiger partial charge on any atom is 0.224 e. The Balaban J connectivity index is 3.70. The van der Waals surface area contributed by atoms with Gasteiger partial charge in [0.05, 0.1) is 0 Å². The highest BCUT2D eigenvalue weighted by atomic mass is 16.1. The number of nitrogens with one attached hydrogen (secondary N) is 1. The zero-order valence-corrected chi connectivity index (χ0v) is 7.77. The third-order valence-electron chi connectivity index (χ3n) is 1.05. The predicted molar refractivity (Wildman–Crippen MR) is 47.3 cm³/mol. The standard InChI is InChI=1S/C9H17NO/c1-5-6-7-8(11)10-9(2,3)4/h5-6H,7H2,1-4H3,(H,10,11)/b6-5+. The van der Waals surface area contributed by atoms with Crippen molar-refractivity contribution in [2.45, 2.75) is 39.7 Å². The first-order chi connectivity index (χ1) is 4.95. The van der Waals surface area contributed by atoms with Crippen LogP contribution in [-0.4, -0.2) is 11.4 Å². The normalized spacial score (nSPS) is 12.0. The number of allylic oxidation sites excluding steroid dienone is 1. The van der Waals surface area contributed by atoms with Crippen LogP contribution in [0.5, 0.6) is 0 Å². The van der Waals surface area contributed by atoms with Gasteiger partial charge in [0.15, 0.2) is 0 Å². The van der Waals surface area contributed by atoms with Gasteiger partial charge < -0.3 is 5.32 Å². The van der Waals surface area contributed by atoms with Gasteiger partial charge >= 0.3 is 0 Å². The number of amides is 1. The van der Waals surface area contributed by atoms with E-state index in [0.717, 1.165) is 0 Å². The Labute approximate surface area is 68.7 Å². The Kier molecular flexibility index (Phi) is 3.86. The Morgan fingerprint density at radius 2 is 2.00 bits per heavy atom. The number of hydrogen-bond acceptors (Lipinski definition) is 1. The van der Waals surface area contributed by atoms with Crippen LogP contribution < -0.4 is 5.32 Å². The second kappa shape index (κ2) is 4.16. The van der Waals surface area contributed by atoms with Crippen LogP contribution in [0.15, 0.2) is 12.2 Å². The molecule has 0 aromatic carbocycles. The summed E-state index contributed by atoms with van der Waals surface area (Å²) in [4.78, 5) is 11.1. The Morgan fingerprint density at radius 3 is 2.36 bits per heavy atom. The molecule has 0 unspecified atom stereocenters. The molecule has 0 saturated carbocycles. The number of carbonyl (C=O) groups excluding carboxylic acids is 1. The average Bonchev–Trinajstić information content (AvgIpc) is 1.79. The van der Waals surface area contributed by atoms with Gasteiger partial charge in [-0.3, -0.25) is 4.79 Å². The molecular weight excluding hydrogens is 138 g/mol. The van der Waals surface area contributed by atoms with Gasteiger partial charge in [0, 0.05) is 12.0 Å². The summed E-state index contributed by atoms with van der Waals surface area (Å²) in [5.41, 5.74) is -0.112. The highest BCUT2D eigenvalue weighted by Crippen LogP contribution is 1.99. The topological polar surface area (TPSA) is 29.1 Å². The fraction of sp³-hybridized carbons (Fsp3) is 0.667. The molecule has 2 heteroatoms. The maximum absolute atomic E-state index is 11.1. The molecule has 0 spiro atoms. The Hall–Kier alpha value is -0.790. The minimum absolute atomic E-state index is 0.0793. The molecule has 0 heterocycles. The number of rotatable bonds is 2. The molecule has 0 saturated heterocycles. The van der Waals surface area contributed by atoms with E-state index < -0.39 is 0 Å². The number of hydrogen-bond donors (Lipinski definition) is 1. The second-order valence-electron chi connectivity index (χ2n) is 3.57. The van der Waals surface area contributed by atoms with E-state index in [1.807, 2.05) is 39.8 Å². The molecule has 1 amide bonds. The minimum atomic E-state index is -0.112. The summed E-state index contributed by atoms with van der Waals surface area (Å²) in [5, 5.41) is 2.86. The summed E-state index contributed by atoms with van der Waals surface area (Å²) in [6, 6.07) is 0. The first-order valence-electron chi connectivity index (χ1n) is 3.88.